The predicted molar refractivity (Wildman–Crippen MR) is 15.7 cm³/mol. The zero-order chi connectivity index (χ0) is 2.00. The Morgan fingerprint density at radius 2 is 1.25 bits per heavy atom. The van der Waals surface area contributed by atoms with E-state index < -0.39 is 0 Å². The van der Waals surface area contributed by atoms with Crippen molar-refractivity contribution < 1.29 is 35.6 Å². The summed E-state index contributed by atoms with van der Waals surface area (Å²) in [5.74, 6) is 0. The molecule has 0 aromatic rings. The summed E-state index contributed by atoms with van der Waals surface area (Å²) < 4.78 is 0. The van der Waals surface area contributed by atoms with Crippen molar-refractivity contribution in [3.05, 3.63) is 0 Å². The van der Waals surface area contributed by atoms with E-state index in [1.165, 1.54) is 0 Å². The van der Waals surface area contributed by atoms with Gasteiger partial charge in [0, 0.05) is 35.6 Å². The minimum atomic E-state index is 0. The second kappa shape index (κ2) is 23.0. The van der Waals surface area contributed by atoms with Gasteiger partial charge in [-0.2, -0.15) is 0 Å². The fraction of sp³-hybridized carbons (Fsp3) is 0. The Hall–Kier alpha value is 1.62. The third-order valence-electron chi connectivity index (χ3n) is 0. The van der Waals surface area contributed by atoms with Gasteiger partial charge in [0.05, 0.1) is 0 Å². The van der Waals surface area contributed by atoms with Crippen molar-refractivity contribution in [2.45, 2.75) is 0 Å². The van der Waals surface area contributed by atoms with Crippen molar-refractivity contribution in [3.63, 3.8) is 0 Å². The van der Waals surface area contributed by atoms with Crippen LogP contribution in [0, 0.1) is 0 Å². The third-order valence-corrected chi connectivity index (χ3v) is 0. The van der Waals surface area contributed by atoms with Gasteiger partial charge in [0.15, 0.2) is 0 Å². The summed E-state index contributed by atoms with van der Waals surface area (Å²) in [4.78, 5) is 0. The molecule has 0 aliphatic heterocycles. The van der Waals surface area contributed by atoms with E-state index in [1.54, 1.807) is 0 Å². The molecule has 0 unspecified atom stereocenters. The van der Waals surface area contributed by atoms with Crippen LogP contribution in [0.1, 0.15) is 0 Å². The molecule has 0 atom stereocenters. The molecule has 0 rings (SSSR count). The van der Waals surface area contributed by atoms with E-state index in [-0.39, 0.29) is 35.6 Å². The largest absolute Gasteiger partial charge is 0.0615 e. The van der Waals surface area contributed by atoms with E-state index in [2.05, 4.69) is 19.8 Å². The molecule has 0 amide bonds. The fourth-order valence-corrected chi connectivity index (χ4v) is 0. The summed E-state index contributed by atoms with van der Waals surface area (Å²) in [5.41, 5.74) is 0. The van der Waals surface area contributed by atoms with Crippen molar-refractivity contribution in [2.24, 2.45) is 0 Å². The van der Waals surface area contributed by atoms with Gasteiger partial charge in [-0.25, -0.2) is 0 Å². The Morgan fingerprint density at radius 3 is 1.25 bits per heavy atom. The molecule has 0 aliphatic rings. The molecule has 0 N–H and O–H groups in total. The summed E-state index contributed by atoms with van der Waals surface area (Å²) in [7, 11) is 2.56. The Balaban J connectivity index is -0.00000000500. The molecule has 2 radical (unpaired) electrons. The molecule has 4 heteroatoms. The third kappa shape index (κ3) is 9.46. The first-order valence-electron chi connectivity index (χ1n) is 0.204. The minimum absolute atomic E-state index is 0. The average molecular weight is 179 g/mol. The molecular formula is HCuPSV. The van der Waals surface area contributed by atoms with Gasteiger partial charge in [0.25, 0.3) is 0 Å². The molecule has 0 nitrogen and oxygen atoms in total. The summed E-state index contributed by atoms with van der Waals surface area (Å²) in [6.45, 7) is 0. The Kier molecular flexibility index (Phi) is 101. The molecule has 0 saturated heterocycles. The zero-order valence-corrected chi connectivity index (χ0v) is 5.81. The average Bonchev–Trinajstić information content (AvgIpc) is 1.00. The van der Waals surface area contributed by atoms with Crippen molar-refractivity contribution in [2.75, 3.05) is 0 Å². The molecule has 0 spiro atoms. The second-order valence-electron chi connectivity index (χ2n) is 0. The molecule has 0 aliphatic carbocycles. The topological polar surface area (TPSA) is 0 Å². The van der Waals surface area contributed by atoms with Crippen LogP contribution in [-0.4, -0.2) is 0 Å². The molecule has 0 aromatic carbocycles. The predicted octanol–water partition coefficient (Wildman–Crippen LogP) is 0.586. The number of rotatable bonds is 0. The Morgan fingerprint density at radius 1 is 1.25 bits per heavy atom. The standard InChI is InChI=1S/Cu.HPS.V/c;1-2;/h;1H;. The number of hydrogen-bond acceptors (Lipinski definition) is 1. The van der Waals surface area contributed by atoms with Gasteiger partial charge in [-0.15, -0.1) is 0 Å². The first-order chi connectivity index (χ1) is 1.00. The van der Waals surface area contributed by atoms with Gasteiger partial charge in [-0.3, -0.25) is 0 Å². The van der Waals surface area contributed by atoms with Crippen molar-refractivity contribution >= 4 is 19.8 Å². The van der Waals surface area contributed by atoms with Crippen LogP contribution >= 0.6 is 8.02 Å². The van der Waals surface area contributed by atoms with E-state index in [1.807, 2.05) is 0 Å². The summed E-state index contributed by atoms with van der Waals surface area (Å²) in [5, 5.41) is 0. The van der Waals surface area contributed by atoms with Crippen LogP contribution in [0.2, 0.25) is 0 Å². The zero-order valence-electron chi connectivity index (χ0n) is 1.66. The van der Waals surface area contributed by atoms with E-state index in [0.717, 1.165) is 0 Å². The first kappa shape index (κ1) is 17.5. The van der Waals surface area contributed by atoms with Gasteiger partial charge >= 0.3 is 0 Å². The summed E-state index contributed by atoms with van der Waals surface area (Å²) in [6, 6.07) is 0. The molecule has 0 heterocycles. The van der Waals surface area contributed by atoms with E-state index in [9.17, 15) is 0 Å². The second-order valence-corrected chi connectivity index (χ2v) is 0. The summed E-state index contributed by atoms with van der Waals surface area (Å²) in [6.07, 6.45) is 0. The van der Waals surface area contributed by atoms with Crippen LogP contribution in [0.3, 0.4) is 0 Å². The molecule has 0 fully saturated rings. The molecule has 0 bridgehead atoms. The smallest absolute Gasteiger partial charge is 0 e. The van der Waals surface area contributed by atoms with Gasteiger partial charge in [-0.05, 0) is 8.02 Å². The Labute approximate surface area is 55.3 Å². The minimum Gasteiger partial charge on any atom is -0.0615 e. The SMILES string of the molecule is P=S.[Cu].[V]. The first-order valence-corrected chi connectivity index (χ1v) is 1.84. The van der Waals surface area contributed by atoms with Gasteiger partial charge < -0.3 is 0 Å². The van der Waals surface area contributed by atoms with Crippen LogP contribution < -0.4 is 0 Å². The van der Waals surface area contributed by atoms with Crippen LogP contribution in [0.4, 0.5) is 0 Å². The maximum atomic E-state index is 3.89. The van der Waals surface area contributed by atoms with Gasteiger partial charge in [0.1, 0.15) is 0 Å². The molecule has 28 valence electrons. The van der Waals surface area contributed by atoms with Crippen LogP contribution in [-0.2, 0) is 47.4 Å². The quantitative estimate of drug-likeness (QED) is 0.386. The van der Waals surface area contributed by atoms with Crippen LogP contribution in [0.15, 0.2) is 0 Å². The molecule has 4 heavy (non-hydrogen) atoms. The van der Waals surface area contributed by atoms with Crippen LogP contribution in [0.25, 0.3) is 0 Å². The molecule has 0 saturated carbocycles. The fourth-order valence-electron chi connectivity index (χ4n) is 0. The van der Waals surface area contributed by atoms with Crippen molar-refractivity contribution in [3.8, 4) is 0 Å². The van der Waals surface area contributed by atoms with E-state index in [0.29, 0.717) is 0 Å². The molecular weight excluding hydrogens is 178 g/mol. The van der Waals surface area contributed by atoms with E-state index >= 15 is 0 Å². The van der Waals surface area contributed by atoms with Gasteiger partial charge in [0.2, 0.25) is 0 Å². The van der Waals surface area contributed by atoms with Gasteiger partial charge in [-0.1, -0.05) is 11.8 Å². The Bertz CT molecular complexity index is 8.00. The van der Waals surface area contributed by atoms with Crippen molar-refractivity contribution in [1.29, 1.82) is 0 Å². The normalized spacial score (nSPS) is 1.00. The van der Waals surface area contributed by atoms with Crippen LogP contribution in [0.5, 0.6) is 0 Å². The summed E-state index contributed by atoms with van der Waals surface area (Å²) >= 11 is 3.89. The number of hydrogen-bond donors (Lipinski definition) is 0. The monoisotopic (exact) mass is 178 g/mol. The maximum Gasteiger partial charge on any atom is 0 e. The van der Waals surface area contributed by atoms with Crippen molar-refractivity contribution in [1.82, 2.24) is 0 Å². The maximum absolute atomic E-state index is 3.89. The molecule has 0 aromatic heterocycles. The van der Waals surface area contributed by atoms with E-state index in [4.69, 9.17) is 0 Å².